The van der Waals surface area contributed by atoms with Crippen LogP contribution in [-0.2, 0) is 18.3 Å². The second-order valence-corrected chi connectivity index (χ2v) is 6.12. The van der Waals surface area contributed by atoms with Gasteiger partial charge in [0.25, 0.3) is 0 Å². The average Bonchev–Trinajstić information content (AvgIpc) is 3.09. The topological polar surface area (TPSA) is 63.9 Å². The summed E-state index contributed by atoms with van der Waals surface area (Å²) < 4.78 is 26.4. The highest BCUT2D eigenvalue weighted by Gasteiger charge is 2.25. The van der Waals surface area contributed by atoms with E-state index in [-0.39, 0.29) is 41.6 Å². The highest BCUT2D eigenvalue weighted by molar-refractivity contribution is 14.0. The molecule has 148 valence electrons. The molecule has 1 aliphatic heterocycles. The summed E-state index contributed by atoms with van der Waals surface area (Å²) in [7, 11) is 5.08. The van der Waals surface area contributed by atoms with E-state index >= 15 is 0 Å². The van der Waals surface area contributed by atoms with Gasteiger partial charge in [-0.05, 0) is 17.7 Å². The number of methoxy groups -OCH3 is 1. The van der Waals surface area contributed by atoms with E-state index in [0.29, 0.717) is 19.7 Å². The molecular weight excluding hydrogens is 464 g/mol. The van der Waals surface area contributed by atoms with Crippen molar-refractivity contribution in [3.05, 3.63) is 47.5 Å². The monoisotopic (exact) mass is 489 g/mol. The number of aryl methyl sites for hydroxylation is 1. The van der Waals surface area contributed by atoms with Gasteiger partial charge in [-0.3, -0.25) is 9.67 Å². The molecule has 0 spiro atoms. The zero-order valence-corrected chi connectivity index (χ0v) is 18.0. The molecule has 9 heteroatoms. The highest BCUT2D eigenvalue weighted by Crippen LogP contribution is 2.22. The summed E-state index contributed by atoms with van der Waals surface area (Å²) in [5, 5.41) is 7.50. The highest BCUT2D eigenvalue weighted by atomic mass is 127. The molecule has 0 saturated carbocycles. The standard InChI is InChI=1S/C18H24FN5O2.HI/c1-20-18(21-9-13-4-5-16(25-3)15(19)8-13)24-6-7-26-17(12-24)14-10-22-23(2)11-14;/h4-5,8,10-11,17H,6-7,9,12H2,1-3H3,(H,20,21);1H. The summed E-state index contributed by atoms with van der Waals surface area (Å²) >= 11 is 0. The first kappa shape index (κ1) is 21.4. The molecule has 1 aromatic carbocycles. The molecule has 0 amide bonds. The molecule has 1 aliphatic rings. The largest absolute Gasteiger partial charge is 0.494 e. The summed E-state index contributed by atoms with van der Waals surface area (Å²) in [5.41, 5.74) is 1.87. The lowest BCUT2D eigenvalue weighted by atomic mass is 10.1. The van der Waals surface area contributed by atoms with Crippen LogP contribution in [0.5, 0.6) is 5.75 Å². The molecule has 1 atom stereocenters. The van der Waals surface area contributed by atoms with Gasteiger partial charge < -0.3 is 19.7 Å². The van der Waals surface area contributed by atoms with Crippen LogP contribution in [0.4, 0.5) is 4.39 Å². The van der Waals surface area contributed by atoms with Crippen molar-refractivity contribution in [3.63, 3.8) is 0 Å². The predicted octanol–water partition coefficient (Wildman–Crippen LogP) is 2.33. The fourth-order valence-electron chi connectivity index (χ4n) is 2.98. The van der Waals surface area contributed by atoms with Gasteiger partial charge in [-0.2, -0.15) is 5.10 Å². The van der Waals surface area contributed by atoms with Crippen LogP contribution in [0, 0.1) is 5.82 Å². The fraction of sp³-hybridized carbons (Fsp3) is 0.444. The molecule has 1 N–H and O–H groups in total. The maximum absolute atomic E-state index is 13.8. The summed E-state index contributed by atoms with van der Waals surface area (Å²) in [6.45, 7) is 2.51. The lowest BCUT2D eigenvalue weighted by Crippen LogP contribution is -2.47. The third kappa shape index (κ3) is 5.32. The molecule has 0 aliphatic carbocycles. The minimum atomic E-state index is -0.371. The Hall–Kier alpha value is -1.88. The first-order chi connectivity index (χ1) is 12.6. The van der Waals surface area contributed by atoms with Crippen molar-refractivity contribution in [1.82, 2.24) is 20.0 Å². The second kappa shape index (κ2) is 9.88. The first-order valence-electron chi connectivity index (χ1n) is 8.49. The molecule has 27 heavy (non-hydrogen) atoms. The lowest BCUT2D eigenvalue weighted by Gasteiger charge is -2.34. The summed E-state index contributed by atoms with van der Waals surface area (Å²) in [6, 6.07) is 4.93. The Labute approximate surface area is 175 Å². The molecule has 0 radical (unpaired) electrons. The number of nitrogens with zero attached hydrogens (tertiary/aromatic N) is 4. The second-order valence-electron chi connectivity index (χ2n) is 6.12. The molecule has 2 heterocycles. The number of rotatable bonds is 4. The molecule has 1 unspecified atom stereocenters. The Kier molecular flexibility index (Phi) is 7.84. The SMILES string of the molecule is CN=C(NCc1ccc(OC)c(F)c1)N1CCOC(c2cnn(C)c2)C1.I. The van der Waals surface area contributed by atoms with Crippen molar-refractivity contribution < 1.29 is 13.9 Å². The molecule has 1 saturated heterocycles. The number of aliphatic imine (C=N–C) groups is 1. The Morgan fingerprint density at radius 3 is 2.93 bits per heavy atom. The van der Waals surface area contributed by atoms with E-state index in [1.807, 2.05) is 25.5 Å². The summed E-state index contributed by atoms with van der Waals surface area (Å²) in [6.07, 6.45) is 3.74. The molecule has 1 fully saturated rings. The van der Waals surface area contributed by atoms with E-state index in [9.17, 15) is 4.39 Å². The molecule has 2 aromatic rings. The van der Waals surface area contributed by atoms with Crippen LogP contribution in [0.1, 0.15) is 17.2 Å². The van der Waals surface area contributed by atoms with Crippen LogP contribution in [0.25, 0.3) is 0 Å². The van der Waals surface area contributed by atoms with Crippen LogP contribution in [0.3, 0.4) is 0 Å². The third-order valence-electron chi connectivity index (χ3n) is 4.34. The van der Waals surface area contributed by atoms with E-state index in [4.69, 9.17) is 9.47 Å². The quantitative estimate of drug-likeness (QED) is 0.406. The summed E-state index contributed by atoms with van der Waals surface area (Å²) in [5.74, 6) is 0.633. The average molecular weight is 489 g/mol. The Balaban J connectivity index is 0.00000261. The van der Waals surface area contributed by atoms with Crippen molar-refractivity contribution in [2.24, 2.45) is 12.0 Å². The zero-order valence-electron chi connectivity index (χ0n) is 15.7. The first-order valence-corrected chi connectivity index (χ1v) is 8.49. The Morgan fingerprint density at radius 1 is 1.48 bits per heavy atom. The van der Waals surface area contributed by atoms with Crippen LogP contribution >= 0.6 is 24.0 Å². The van der Waals surface area contributed by atoms with E-state index in [1.54, 1.807) is 17.8 Å². The molecule has 0 bridgehead atoms. The van der Waals surface area contributed by atoms with Crippen LogP contribution in [0.2, 0.25) is 0 Å². The molecular formula is C18H25FIN5O2. The molecule has 1 aromatic heterocycles. The number of aromatic nitrogens is 2. The minimum Gasteiger partial charge on any atom is -0.494 e. The van der Waals surface area contributed by atoms with Crippen molar-refractivity contribution in [1.29, 1.82) is 0 Å². The zero-order chi connectivity index (χ0) is 18.5. The van der Waals surface area contributed by atoms with Gasteiger partial charge in [0.2, 0.25) is 0 Å². The normalized spacial score (nSPS) is 17.4. The molecule has 7 nitrogen and oxygen atoms in total. The van der Waals surface area contributed by atoms with Crippen LogP contribution < -0.4 is 10.1 Å². The van der Waals surface area contributed by atoms with Crippen molar-refractivity contribution in [2.75, 3.05) is 33.9 Å². The predicted molar refractivity (Wildman–Crippen MR) is 112 cm³/mol. The van der Waals surface area contributed by atoms with E-state index < -0.39 is 0 Å². The van der Waals surface area contributed by atoms with Gasteiger partial charge in [0.1, 0.15) is 6.10 Å². The van der Waals surface area contributed by atoms with Gasteiger partial charge in [-0.1, -0.05) is 6.07 Å². The van der Waals surface area contributed by atoms with E-state index in [0.717, 1.165) is 23.6 Å². The third-order valence-corrected chi connectivity index (χ3v) is 4.34. The molecule has 3 rings (SSSR count). The van der Waals surface area contributed by atoms with Crippen molar-refractivity contribution >= 4 is 29.9 Å². The number of guanidine groups is 1. The van der Waals surface area contributed by atoms with Gasteiger partial charge in [-0.25, -0.2) is 4.39 Å². The maximum atomic E-state index is 13.8. The Bertz CT molecular complexity index is 783. The van der Waals surface area contributed by atoms with Crippen LogP contribution in [0.15, 0.2) is 35.6 Å². The van der Waals surface area contributed by atoms with Gasteiger partial charge in [-0.15, -0.1) is 24.0 Å². The van der Waals surface area contributed by atoms with Gasteiger partial charge in [0, 0.05) is 38.9 Å². The number of hydrogen-bond donors (Lipinski definition) is 1. The fourth-order valence-corrected chi connectivity index (χ4v) is 2.98. The van der Waals surface area contributed by atoms with Gasteiger partial charge in [0.15, 0.2) is 17.5 Å². The maximum Gasteiger partial charge on any atom is 0.194 e. The lowest BCUT2D eigenvalue weighted by molar-refractivity contribution is -0.00805. The van der Waals surface area contributed by atoms with Crippen molar-refractivity contribution in [2.45, 2.75) is 12.6 Å². The van der Waals surface area contributed by atoms with E-state index in [1.165, 1.54) is 13.2 Å². The summed E-state index contributed by atoms with van der Waals surface area (Å²) in [4.78, 5) is 6.49. The van der Waals surface area contributed by atoms with Crippen molar-refractivity contribution in [3.8, 4) is 5.75 Å². The van der Waals surface area contributed by atoms with Crippen LogP contribution in [-0.4, -0.2) is 54.5 Å². The number of halogens is 2. The van der Waals surface area contributed by atoms with Gasteiger partial charge >= 0.3 is 0 Å². The number of nitrogens with one attached hydrogen (secondary N) is 1. The smallest absolute Gasteiger partial charge is 0.194 e. The number of hydrogen-bond acceptors (Lipinski definition) is 4. The number of morpholine rings is 1. The number of ether oxygens (including phenoxy) is 2. The number of benzene rings is 1. The minimum absolute atomic E-state index is 0. The van der Waals surface area contributed by atoms with Gasteiger partial charge in [0.05, 0.1) is 26.5 Å². The van der Waals surface area contributed by atoms with E-state index in [2.05, 4.69) is 20.3 Å². The Morgan fingerprint density at radius 2 is 2.30 bits per heavy atom.